The Morgan fingerprint density at radius 1 is 0.511 bits per heavy atom. The van der Waals surface area contributed by atoms with Gasteiger partial charge >= 0.3 is 0 Å². The average Bonchev–Trinajstić information content (AvgIpc) is 3.07. The Kier molecular flexibility index (Phi) is 36.7. The van der Waals surface area contributed by atoms with E-state index in [0.29, 0.717) is 6.42 Å². The summed E-state index contributed by atoms with van der Waals surface area (Å²) >= 11 is 0. The van der Waals surface area contributed by atoms with Crippen LogP contribution in [0, 0.1) is 0 Å². The van der Waals surface area contributed by atoms with Crippen molar-refractivity contribution < 1.29 is 20.1 Å². The summed E-state index contributed by atoms with van der Waals surface area (Å²) in [5.41, 5.74) is 0. The van der Waals surface area contributed by atoms with Gasteiger partial charge in [-0.15, -0.1) is 0 Å². The van der Waals surface area contributed by atoms with E-state index in [1.54, 1.807) is 6.08 Å². The first-order chi connectivity index (χ1) is 23.1. The lowest BCUT2D eigenvalue weighted by Gasteiger charge is -2.21. The zero-order chi connectivity index (χ0) is 34.5. The summed E-state index contributed by atoms with van der Waals surface area (Å²) in [6, 6.07) is -0.809. The number of aliphatic hydroxyl groups excluding tert-OH is 3. The molecule has 47 heavy (non-hydrogen) atoms. The number of aliphatic hydroxyl groups is 3. The first-order valence-electron chi connectivity index (χ1n) is 20.7. The van der Waals surface area contributed by atoms with Crippen molar-refractivity contribution in [3.63, 3.8) is 0 Å². The van der Waals surface area contributed by atoms with E-state index in [9.17, 15) is 20.1 Å². The molecule has 0 fully saturated rings. The van der Waals surface area contributed by atoms with Gasteiger partial charge in [0.15, 0.2) is 0 Å². The van der Waals surface area contributed by atoms with Crippen molar-refractivity contribution in [3.8, 4) is 0 Å². The minimum Gasteiger partial charge on any atom is -0.394 e. The van der Waals surface area contributed by atoms with Crippen molar-refractivity contribution in [2.45, 2.75) is 231 Å². The molecule has 0 aromatic heterocycles. The van der Waals surface area contributed by atoms with Gasteiger partial charge < -0.3 is 20.6 Å². The maximum Gasteiger partial charge on any atom is 0.249 e. The van der Waals surface area contributed by atoms with Crippen LogP contribution in [0.5, 0.6) is 0 Å². The van der Waals surface area contributed by atoms with Crippen LogP contribution < -0.4 is 5.32 Å². The lowest BCUT2D eigenvalue weighted by Crippen LogP contribution is -2.48. The Bertz CT molecular complexity index is 694. The Morgan fingerprint density at radius 2 is 0.872 bits per heavy atom. The first kappa shape index (κ1) is 45.8. The highest BCUT2D eigenvalue weighted by Crippen LogP contribution is 2.15. The van der Waals surface area contributed by atoms with E-state index >= 15 is 0 Å². The molecule has 1 amide bonds. The summed E-state index contributed by atoms with van der Waals surface area (Å²) in [6.45, 7) is 4.17. The molecule has 278 valence electrons. The summed E-state index contributed by atoms with van der Waals surface area (Å²) in [5.74, 6) is -0.511. The van der Waals surface area contributed by atoms with Crippen LogP contribution >= 0.6 is 0 Å². The standard InChI is InChI=1S/C42H81NO4/c1-3-5-7-9-11-13-15-17-19-20-21-23-24-26-28-30-32-34-36-40(45)39(38-44)43-42(47)41(46)37-35-33-31-29-27-25-22-18-16-14-12-10-8-6-4-2/h26,28,34,36,39-41,44-46H,3-25,27,29-33,35,37-38H2,1-2H3,(H,43,47)/b28-26+,36-34+. The van der Waals surface area contributed by atoms with Crippen LogP contribution in [-0.4, -0.2) is 46.1 Å². The summed E-state index contributed by atoms with van der Waals surface area (Å²) in [5, 5.41) is 33.0. The van der Waals surface area contributed by atoms with Gasteiger partial charge in [-0.25, -0.2) is 0 Å². The second-order valence-electron chi connectivity index (χ2n) is 14.2. The molecule has 5 heteroatoms. The summed E-state index contributed by atoms with van der Waals surface area (Å²) in [7, 11) is 0. The van der Waals surface area contributed by atoms with Crippen molar-refractivity contribution in [1.29, 1.82) is 0 Å². The third kappa shape index (κ3) is 33.1. The van der Waals surface area contributed by atoms with Gasteiger partial charge in [-0.2, -0.15) is 0 Å². The molecule has 0 aromatic rings. The van der Waals surface area contributed by atoms with Crippen LogP contribution in [0.15, 0.2) is 24.3 Å². The molecule has 0 heterocycles. The zero-order valence-corrected chi connectivity index (χ0v) is 31.4. The van der Waals surface area contributed by atoms with E-state index in [-0.39, 0.29) is 6.61 Å². The fraction of sp³-hybridized carbons (Fsp3) is 0.881. The van der Waals surface area contributed by atoms with E-state index in [1.165, 1.54) is 154 Å². The minimum absolute atomic E-state index is 0.373. The van der Waals surface area contributed by atoms with E-state index in [1.807, 2.05) is 6.08 Å². The number of carbonyl (C=O) groups excluding carboxylic acids is 1. The lowest BCUT2D eigenvalue weighted by molar-refractivity contribution is -0.131. The SMILES string of the molecule is CCCCCCCCCCCCCC/C=C/CC/C=C/C(O)C(CO)NC(=O)C(O)CCCCCCCCCCCCCCCCC. The summed E-state index contributed by atoms with van der Waals surface area (Å²) < 4.78 is 0. The van der Waals surface area contributed by atoms with Crippen molar-refractivity contribution >= 4 is 5.91 Å². The highest BCUT2D eigenvalue weighted by atomic mass is 16.3. The molecule has 5 nitrogen and oxygen atoms in total. The smallest absolute Gasteiger partial charge is 0.249 e. The van der Waals surface area contributed by atoms with Gasteiger partial charge in [0.05, 0.1) is 18.8 Å². The van der Waals surface area contributed by atoms with Crippen molar-refractivity contribution in [3.05, 3.63) is 24.3 Å². The Hall–Kier alpha value is -1.17. The third-order valence-corrected chi connectivity index (χ3v) is 9.54. The molecule has 0 bridgehead atoms. The fourth-order valence-electron chi connectivity index (χ4n) is 6.26. The van der Waals surface area contributed by atoms with E-state index < -0.39 is 24.2 Å². The molecule has 4 N–H and O–H groups in total. The number of rotatable bonds is 37. The van der Waals surface area contributed by atoms with Crippen LogP contribution in [-0.2, 0) is 4.79 Å². The van der Waals surface area contributed by atoms with E-state index in [2.05, 4.69) is 31.3 Å². The van der Waals surface area contributed by atoms with Gasteiger partial charge in [0, 0.05) is 0 Å². The Morgan fingerprint density at radius 3 is 1.30 bits per heavy atom. The molecule has 0 saturated heterocycles. The predicted octanol–water partition coefficient (Wildman–Crippen LogP) is 11.4. The van der Waals surface area contributed by atoms with Crippen LogP contribution in [0.4, 0.5) is 0 Å². The molecular formula is C42H81NO4. The van der Waals surface area contributed by atoms with Gasteiger partial charge in [-0.3, -0.25) is 4.79 Å². The molecule has 0 spiro atoms. The fourth-order valence-corrected chi connectivity index (χ4v) is 6.26. The van der Waals surface area contributed by atoms with Crippen LogP contribution in [0.2, 0.25) is 0 Å². The molecule has 0 aromatic carbocycles. The van der Waals surface area contributed by atoms with Crippen molar-refractivity contribution in [2.24, 2.45) is 0 Å². The van der Waals surface area contributed by atoms with Crippen LogP contribution in [0.3, 0.4) is 0 Å². The number of hydrogen-bond acceptors (Lipinski definition) is 4. The Balaban J connectivity index is 3.73. The summed E-state index contributed by atoms with van der Waals surface area (Å²) in [4.78, 5) is 12.4. The molecule has 0 rings (SSSR count). The van der Waals surface area contributed by atoms with Crippen LogP contribution in [0.25, 0.3) is 0 Å². The average molecular weight is 664 g/mol. The second-order valence-corrected chi connectivity index (χ2v) is 14.2. The number of allylic oxidation sites excluding steroid dienone is 3. The highest BCUT2D eigenvalue weighted by molar-refractivity contribution is 5.80. The highest BCUT2D eigenvalue weighted by Gasteiger charge is 2.22. The maximum absolute atomic E-state index is 12.4. The normalized spacial score (nSPS) is 13.9. The topological polar surface area (TPSA) is 89.8 Å². The minimum atomic E-state index is -1.10. The molecule has 3 unspecified atom stereocenters. The van der Waals surface area contributed by atoms with Crippen molar-refractivity contribution in [2.75, 3.05) is 6.61 Å². The third-order valence-electron chi connectivity index (χ3n) is 9.54. The second kappa shape index (κ2) is 37.6. The monoisotopic (exact) mass is 664 g/mol. The predicted molar refractivity (Wildman–Crippen MR) is 204 cm³/mol. The molecule has 0 aliphatic carbocycles. The Labute approximate surface area is 292 Å². The largest absolute Gasteiger partial charge is 0.394 e. The van der Waals surface area contributed by atoms with Gasteiger partial charge in [-0.05, 0) is 32.1 Å². The lowest BCUT2D eigenvalue weighted by atomic mass is 10.0. The first-order valence-corrected chi connectivity index (χ1v) is 20.7. The van der Waals surface area contributed by atoms with Gasteiger partial charge in [0.2, 0.25) is 5.91 Å². The number of unbranched alkanes of at least 4 members (excludes halogenated alkanes) is 27. The molecular weight excluding hydrogens is 582 g/mol. The maximum atomic E-state index is 12.4. The van der Waals surface area contributed by atoms with Crippen LogP contribution in [0.1, 0.15) is 213 Å². The molecule has 0 aliphatic heterocycles. The molecule has 0 saturated carbocycles. The molecule has 3 atom stereocenters. The number of hydrogen-bond donors (Lipinski definition) is 4. The van der Waals surface area contributed by atoms with E-state index in [0.717, 1.165) is 38.5 Å². The quantitative estimate of drug-likeness (QED) is 0.0393. The zero-order valence-electron chi connectivity index (χ0n) is 31.4. The number of nitrogens with one attached hydrogen (secondary N) is 1. The van der Waals surface area contributed by atoms with Gasteiger partial charge in [0.1, 0.15) is 6.10 Å². The van der Waals surface area contributed by atoms with Gasteiger partial charge in [-0.1, -0.05) is 205 Å². The molecule has 0 aliphatic rings. The van der Waals surface area contributed by atoms with Gasteiger partial charge in [0.25, 0.3) is 0 Å². The van der Waals surface area contributed by atoms with E-state index in [4.69, 9.17) is 0 Å². The number of amides is 1. The number of carbonyl (C=O) groups is 1. The molecule has 0 radical (unpaired) electrons. The van der Waals surface area contributed by atoms with Crippen molar-refractivity contribution in [1.82, 2.24) is 5.32 Å². The summed E-state index contributed by atoms with van der Waals surface area (Å²) in [6.07, 6.45) is 44.9.